The standard InChI is InChI=1S/C21H27N3O3/c1-15(25)24(16-8-12-27-13-9-16)17-4-3-11-23(14-17)21(26)19-5-2-6-20-18(19)7-10-22-20/h2,5-7,10,16-17,22H,3-4,8-9,11-14H2,1H3. The number of amides is 2. The molecule has 1 unspecified atom stereocenters. The minimum Gasteiger partial charge on any atom is -0.381 e. The number of benzene rings is 1. The van der Waals surface area contributed by atoms with Crippen LogP contribution in [0.4, 0.5) is 0 Å². The number of aromatic nitrogens is 1. The van der Waals surface area contributed by atoms with Crippen molar-refractivity contribution in [3.05, 3.63) is 36.0 Å². The van der Waals surface area contributed by atoms with Crippen molar-refractivity contribution in [3.8, 4) is 0 Å². The number of piperidine rings is 1. The van der Waals surface area contributed by atoms with Crippen LogP contribution in [0.15, 0.2) is 30.5 Å². The number of likely N-dealkylation sites (tertiary alicyclic amines) is 1. The highest BCUT2D eigenvalue weighted by molar-refractivity contribution is 6.06. The first-order chi connectivity index (χ1) is 13.1. The Bertz CT molecular complexity index is 825. The molecule has 2 aliphatic rings. The predicted octanol–water partition coefficient (Wildman–Crippen LogP) is 2.80. The topological polar surface area (TPSA) is 65.6 Å². The zero-order chi connectivity index (χ0) is 18.8. The molecule has 4 rings (SSSR count). The van der Waals surface area contributed by atoms with Gasteiger partial charge in [0.2, 0.25) is 5.91 Å². The van der Waals surface area contributed by atoms with E-state index < -0.39 is 0 Å². The van der Waals surface area contributed by atoms with Gasteiger partial charge in [-0.1, -0.05) is 6.07 Å². The molecule has 1 aromatic heterocycles. The van der Waals surface area contributed by atoms with Crippen LogP contribution in [0.3, 0.4) is 0 Å². The van der Waals surface area contributed by atoms with Crippen LogP contribution in [0, 0.1) is 0 Å². The van der Waals surface area contributed by atoms with Gasteiger partial charge in [-0.25, -0.2) is 0 Å². The molecule has 0 saturated carbocycles. The number of H-pyrrole nitrogens is 1. The number of carbonyl (C=O) groups excluding carboxylic acids is 2. The number of fused-ring (bicyclic) bond motifs is 1. The number of nitrogens with one attached hydrogen (secondary N) is 1. The molecule has 1 atom stereocenters. The van der Waals surface area contributed by atoms with Crippen LogP contribution < -0.4 is 0 Å². The van der Waals surface area contributed by atoms with E-state index in [0.717, 1.165) is 48.7 Å². The summed E-state index contributed by atoms with van der Waals surface area (Å²) in [6.07, 6.45) is 5.50. The second-order valence-corrected chi connectivity index (χ2v) is 7.56. The fourth-order valence-electron chi connectivity index (χ4n) is 4.58. The lowest BCUT2D eigenvalue weighted by Gasteiger charge is -2.44. The molecule has 6 nitrogen and oxygen atoms in total. The molecular formula is C21H27N3O3. The molecular weight excluding hydrogens is 342 g/mol. The van der Waals surface area contributed by atoms with Gasteiger partial charge < -0.3 is 19.5 Å². The average Bonchev–Trinajstić information content (AvgIpc) is 3.17. The fraction of sp³-hybridized carbons (Fsp3) is 0.524. The number of nitrogens with zero attached hydrogens (tertiary/aromatic N) is 2. The third kappa shape index (κ3) is 3.58. The summed E-state index contributed by atoms with van der Waals surface area (Å²) in [5.74, 6) is 0.161. The lowest BCUT2D eigenvalue weighted by Crippen LogP contribution is -2.55. The summed E-state index contributed by atoms with van der Waals surface area (Å²) < 4.78 is 5.46. The van der Waals surface area contributed by atoms with Crippen LogP contribution in [-0.4, -0.2) is 65.0 Å². The molecule has 2 saturated heterocycles. The number of ether oxygens (including phenoxy) is 1. The molecule has 2 fully saturated rings. The summed E-state index contributed by atoms with van der Waals surface area (Å²) in [5, 5.41) is 0.956. The number of hydrogen-bond donors (Lipinski definition) is 1. The van der Waals surface area contributed by atoms with E-state index >= 15 is 0 Å². The third-order valence-corrected chi connectivity index (χ3v) is 5.85. The van der Waals surface area contributed by atoms with Gasteiger partial charge in [0.25, 0.3) is 5.91 Å². The molecule has 0 spiro atoms. The number of aromatic amines is 1. The SMILES string of the molecule is CC(=O)N(C1CCOCC1)C1CCCN(C(=O)c2cccc3[nH]ccc23)C1. The molecule has 27 heavy (non-hydrogen) atoms. The smallest absolute Gasteiger partial charge is 0.254 e. The monoisotopic (exact) mass is 369 g/mol. The molecule has 0 bridgehead atoms. The van der Waals surface area contributed by atoms with Crippen molar-refractivity contribution in [1.29, 1.82) is 0 Å². The molecule has 1 aromatic carbocycles. The maximum Gasteiger partial charge on any atom is 0.254 e. The van der Waals surface area contributed by atoms with Gasteiger partial charge in [0.05, 0.1) is 0 Å². The Balaban J connectivity index is 1.54. The largest absolute Gasteiger partial charge is 0.381 e. The zero-order valence-electron chi connectivity index (χ0n) is 15.8. The van der Waals surface area contributed by atoms with Crippen molar-refractivity contribution in [2.24, 2.45) is 0 Å². The zero-order valence-corrected chi connectivity index (χ0v) is 15.8. The summed E-state index contributed by atoms with van der Waals surface area (Å²) in [7, 11) is 0. The van der Waals surface area contributed by atoms with Gasteiger partial charge in [0.1, 0.15) is 0 Å². The van der Waals surface area contributed by atoms with Crippen LogP contribution in [-0.2, 0) is 9.53 Å². The van der Waals surface area contributed by atoms with E-state index in [1.165, 1.54) is 0 Å². The molecule has 1 N–H and O–H groups in total. The second kappa shape index (κ2) is 7.72. The highest BCUT2D eigenvalue weighted by Gasteiger charge is 2.34. The molecule has 6 heteroatoms. The van der Waals surface area contributed by atoms with Gasteiger partial charge in [-0.05, 0) is 43.9 Å². The Morgan fingerprint density at radius 2 is 1.96 bits per heavy atom. The van der Waals surface area contributed by atoms with Crippen LogP contribution in [0.5, 0.6) is 0 Å². The Morgan fingerprint density at radius 1 is 1.15 bits per heavy atom. The van der Waals surface area contributed by atoms with Crippen molar-refractivity contribution in [2.75, 3.05) is 26.3 Å². The Labute approximate surface area is 159 Å². The van der Waals surface area contributed by atoms with Crippen LogP contribution in [0.2, 0.25) is 0 Å². The maximum absolute atomic E-state index is 13.2. The highest BCUT2D eigenvalue weighted by atomic mass is 16.5. The number of rotatable bonds is 3. The second-order valence-electron chi connectivity index (χ2n) is 7.56. The number of hydrogen-bond acceptors (Lipinski definition) is 3. The minimum absolute atomic E-state index is 0.0559. The van der Waals surface area contributed by atoms with Gasteiger partial charge in [-0.2, -0.15) is 0 Å². The first-order valence-electron chi connectivity index (χ1n) is 9.87. The summed E-state index contributed by atoms with van der Waals surface area (Å²) in [6.45, 7) is 4.42. The van der Waals surface area contributed by atoms with Crippen molar-refractivity contribution in [3.63, 3.8) is 0 Å². The fourth-order valence-corrected chi connectivity index (χ4v) is 4.58. The summed E-state index contributed by atoms with van der Waals surface area (Å²) in [4.78, 5) is 32.7. The number of carbonyl (C=O) groups is 2. The maximum atomic E-state index is 13.2. The van der Waals surface area contributed by atoms with Crippen molar-refractivity contribution in [2.45, 2.75) is 44.7 Å². The van der Waals surface area contributed by atoms with Gasteiger partial charge >= 0.3 is 0 Å². The van der Waals surface area contributed by atoms with E-state index in [0.29, 0.717) is 19.8 Å². The predicted molar refractivity (Wildman–Crippen MR) is 104 cm³/mol. The first-order valence-corrected chi connectivity index (χ1v) is 9.87. The Hall–Kier alpha value is -2.34. The molecule has 0 radical (unpaired) electrons. The first kappa shape index (κ1) is 18.0. The van der Waals surface area contributed by atoms with Crippen LogP contribution in [0.25, 0.3) is 10.9 Å². The third-order valence-electron chi connectivity index (χ3n) is 5.85. The minimum atomic E-state index is 0.0559. The Kier molecular flexibility index (Phi) is 5.16. The molecule has 2 aliphatic heterocycles. The van der Waals surface area contributed by atoms with Gasteiger partial charge in [-0.3, -0.25) is 9.59 Å². The van der Waals surface area contributed by atoms with Crippen molar-refractivity contribution >= 4 is 22.7 Å². The van der Waals surface area contributed by atoms with Crippen LogP contribution >= 0.6 is 0 Å². The van der Waals surface area contributed by atoms with Gasteiger partial charge in [-0.15, -0.1) is 0 Å². The lowest BCUT2D eigenvalue weighted by atomic mass is 9.97. The molecule has 2 amide bonds. The average molecular weight is 369 g/mol. The quantitative estimate of drug-likeness (QED) is 0.905. The van der Waals surface area contributed by atoms with E-state index in [9.17, 15) is 9.59 Å². The van der Waals surface area contributed by atoms with Crippen molar-refractivity contribution < 1.29 is 14.3 Å². The summed E-state index contributed by atoms with van der Waals surface area (Å²) >= 11 is 0. The van der Waals surface area contributed by atoms with E-state index in [1.54, 1.807) is 6.92 Å². The van der Waals surface area contributed by atoms with Gasteiger partial charge in [0.15, 0.2) is 0 Å². The summed E-state index contributed by atoms with van der Waals surface area (Å²) in [6, 6.07) is 8.06. The molecule has 0 aliphatic carbocycles. The van der Waals surface area contributed by atoms with Gasteiger partial charge in [0, 0.05) is 68.0 Å². The van der Waals surface area contributed by atoms with E-state index in [2.05, 4.69) is 4.98 Å². The normalized spacial score (nSPS) is 21.4. The van der Waals surface area contributed by atoms with Crippen molar-refractivity contribution in [1.82, 2.24) is 14.8 Å². The van der Waals surface area contributed by atoms with E-state index in [4.69, 9.17) is 4.74 Å². The molecule has 3 heterocycles. The van der Waals surface area contributed by atoms with E-state index in [1.807, 2.05) is 40.3 Å². The molecule has 144 valence electrons. The Morgan fingerprint density at radius 3 is 2.74 bits per heavy atom. The molecule has 2 aromatic rings. The van der Waals surface area contributed by atoms with Crippen LogP contribution in [0.1, 0.15) is 43.0 Å². The summed E-state index contributed by atoms with van der Waals surface area (Å²) in [5.41, 5.74) is 1.71. The lowest BCUT2D eigenvalue weighted by molar-refractivity contribution is -0.137. The highest BCUT2D eigenvalue weighted by Crippen LogP contribution is 2.26. The van der Waals surface area contributed by atoms with E-state index in [-0.39, 0.29) is 23.9 Å².